The van der Waals surface area contributed by atoms with Crippen LogP contribution in [0.4, 0.5) is 5.82 Å². The fraction of sp³-hybridized carbons (Fsp3) is 0.353. The standard InChI is InChI=1S/C17H21N5O2/c1-11(13-9-18-10-13)16(23)21-15(12-5-3-2-4-6-12)17(24)20-14-7-8-19-22-14/h2-8,11,13,15,18H,9-10H2,1H3,(H,21,23)(H2,19,20,22,24). The van der Waals surface area contributed by atoms with Crippen molar-refractivity contribution in [2.24, 2.45) is 11.8 Å². The van der Waals surface area contributed by atoms with Crippen molar-refractivity contribution in [1.82, 2.24) is 20.8 Å². The summed E-state index contributed by atoms with van der Waals surface area (Å²) in [6.07, 6.45) is 1.55. The van der Waals surface area contributed by atoms with Crippen LogP contribution in [0, 0.1) is 11.8 Å². The molecule has 7 nitrogen and oxygen atoms in total. The highest BCUT2D eigenvalue weighted by Crippen LogP contribution is 2.20. The summed E-state index contributed by atoms with van der Waals surface area (Å²) in [6, 6.07) is 10.1. The number of carbonyl (C=O) groups is 2. The van der Waals surface area contributed by atoms with Crippen molar-refractivity contribution in [2.45, 2.75) is 13.0 Å². The van der Waals surface area contributed by atoms with Crippen molar-refractivity contribution in [3.05, 3.63) is 48.2 Å². The number of hydrogen-bond donors (Lipinski definition) is 4. The van der Waals surface area contributed by atoms with E-state index in [1.165, 1.54) is 0 Å². The van der Waals surface area contributed by atoms with E-state index in [9.17, 15) is 9.59 Å². The molecule has 0 saturated carbocycles. The third kappa shape index (κ3) is 3.62. The molecule has 24 heavy (non-hydrogen) atoms. The molecular weight excluding hydrogens is 306 g/mol. The predicted octanol–water partition coefficient (Wildman–Crippen LogP) is 1.06. The number of nitrogens with zero attached hydrogens (tertiary/aromatic N) is 1. The number of carbonyl (C=O) groups excluding carboxylic acids is 2. The van der Waals surface area contributed by atoms with Crippen LogP contribution < -0.4 is 16.0 Å². The molecule has 2 heterocycles. The predicted molar refractivity (Wildman–Crippen MR) is 90.1 cm³/mol. The van der Waals surface area contributed by atoms with Gasteiger partial charge < -0.3 is 16.0 Å². The smallest absolute Gasteiger partial charge is 0.252 e. The summed E-state index contributed by atoms with van der Waals surface area (Å²) in [7, 11) is 0. The van der Waals surface area contributed by atoms with E-state index in [1.54, 1.807) is 12.3 Å². The molecule has 2 amide bonds. The first-order valence-electron chi connectivity index (χ1n) is 8.01. The lowest BCUT2D eigenvalue weighted by molar-refractivity contribution is -0.130. The molecule has 0 radical (unpaired) electrons. The third-order valence-electron chi connectivity index (χ3n) is 4.37. The number of hydrogen-bond acceptors (Lipinski definition) is 4. The van der Waals surface area contributed by atoms with Gasteiger partial charge in [0, 0.05) is 12.0 Å². The Morgan fingerprint density at radius 1 is 1.17 bits per heavy atom. The first-order valence-corrected chi connectivity index (χ1v) is 8.01. The Labute approximate surface area is 140 Å². The van der Waals surface area contributed by atoms with E-state index in [4.69, 9.17) is 0 Å². The van der Waals surface area contributed by atoms with Gasteiger partial charge in [-0.25, -0.2) is 0 Å². The van der Waals surface area contributed by atoms with Gasteiger partial charge in [-0.2, -0.15) is 5.10 Å². The van der Waals surface area contributed by atoms with Gasteiger partial charge >= 0.3 is 0 Å². The number of benzene rings is 1. The first-order chi connectivity index (χ1) is 11.6. The van der Waals surface area contributed by atoms with Crippen molar-refractivity contribution in [3.63, 3.8) is 0 Å². The Morgan fingerprint density at radius 3 is 2.50 bits per heavy atom. The van der Waals surface area contributed by atoms with Crippen LogP contribution in [0.3, 0.4) is 0 Å². The summed E-state index contributed by atoms with van der Waals surface area (Å²) < 4.78 is 0. The third-order valence-corrected chi connectivity index (χ3v) is 4.37. The van der Waals surface area contributed by atoms with E-state index >= 15 is 0 Å². The number of anilines is 1. The van der Waals surface area contributed by atoms with Crippen LogP contribution in [0.2, 0.25) is 0 Å². The molecule has 3 rings (SSSR count). The monoisotopic (exact) mass is 327 g/mol. The second-order valence-corrected chi connectivity index (χ2v) is 6.02. The molecule has 1 aliphatic heterocycles. The molecule has 0 aliphatic carbocycles. The summed E-state index contributed by atoms with van der Waals surface area (Å²) >= 11 is 0. The van der Waals surface area contributed by atoms with Crippen LogP contribution in [0.25, 0.3) is 0 Å². The molecule has 1 saturated heterocycles. The van der Waals surface area contributed by atoms with Gasteiger partial charge in [0.1, 0.15) is 11.9 Å². The molecule has 1 fully saturated rings. The first kappa shape index (κ1) is 16.2. The lowest BCUT2D eigenvalue weighted by atomic mass is 9.88. The zero-order valence-corrected chi connectivity index (χ0v) is 13.5. The van der Waals surface area contributed by atoms with Crippen molar-refractivity contribution >= 4 is 17.6 Å². The number of nitrogens with one attached hydrogen (secondary N) is 4. The minimum absolute atomic E-state index is 0.116. The Bertz CT molecular complexity index is 682. The molecule has 1 aromatic carbocycles. The van der Waals surface area contributed by atoms with E-state index in [0.29, 0.717) is 11.7 Å². The highest BCUT2D eigenvalue weighted by molar-refractivity contribution is 5.97. The van der Waals surface area contributed by atoms with Crippen molar-refractivity contribution in [1.29, 1.82) is 0 Å². The van der Waals surface area contributed by atoms with E-state index in [1.807, 2.05) is 37.3 Å². The Kier molecular flexibility index (Phi) is 4.90. The van der Waals surface area contributed by atoms with E-state index in [-0.39, 0.29) is 17.7 Å². The van der Waals surface area contributed by atoms with Gasteiger partial charge in [0.2, 0.25) is 5.91 Å². The molecule has 2 aromatic rings. The molecule has 1 aliphatic rings. The minimum atomic E-state index is -0.752. The maximum Gasteiger partial charge on any atom is 0.252 e. The molecule has 4 N–H and O–H groups in total. The van der Waals surface area contributed by atoms with Gasteiger partial charge in [0.15, 0.2) is 0 Å². The Balaban J connectivity index is 1.74. The van der Waals surface area contributed by atoms with Gasteiger partial charge in [-0.05, 0) is 24.6 Å². The molecular formula is C17H21N5O2. The van der Waals surface area contributed by atoms with Crippen molar-refractivity contribution in [3.8, 4) is 0 Å². The second kappa shape index (κ2) is 7.27. The number of rotatable bonds is 6. The molecule has 126 valence electrons. The van der Waals surface area contributed by atoms with Crippen LogP contribution in [0.15, 0.2) is 42.6 Å². The SMILES string of the molecule is CC(C(=O)NC(C(=O)Nc1ccn[nH]1)c1ccccc1)C1CNC1. The zero-order valence-electron chi connectivity index (χ0n) is 13.5. The van der Waals surface area contributed by atoms with Crippen LogP contribution in [-0.4, -0.2) is 35.1 Å². The van der Waals surface area contributed by atoms with Gasteiger partial charge in [-0.1, -0.05) is 37.3 Å². The summed E-state index contributed by atoms with van der Waals surface area (Å²) in [5, 5.41) is 15.3. The average molecular weight is 327 g/mol. The number of aromatic nitrogens is 2. The fourth-order valence-corrected chi connectivity index (χ4v) is 2.63. The molecule has 2 atom stereocenters. The minimum Gasteiger partial charge on any atom is -0.340 e. The highest BCUT2D eigenvalue weighted by Gasteiger charge is 2.31. The van der Waals surface area contributed by atoms with Crippen molar-refractivity contribution in [2.75, 3.05) is 18.4 Å². The van der Waals surface area contributed by atoms with E-state index in [2.05, 4.69) is 26.1 Å². The largest absolute Gasteiger partial charge is 0.340 e. The van der Waals surface area contributed by atoms with E-state index < -0.39 is 6.04 Å². The second-order valence-electron chi connectivity index (χ2n) is 6.02. The molecule has 2 unspecified atom stereocenters. The number of amides is 2. The average Bonchev–Trinajstić information content (AvgIpc) is 3.04. The summed E-state index contributed by atoms with van der Waals surface area (Å²) in [5.74, 6) is 0.244. The van der Waals surface area contributed by atoms with Gasteiger partial charge in [0.05, 0.1) is 6.20 Å². The van der Waals surface area contributed by atoms with Gasteiger partial charge in [-0.3, -0.25) is 14.7 Å². The van der Waals surface area contributed by atoms with Crippen LogP contribution in [0.5, 0.6) is 0 Å². The lowest BCUT2D eigenvalue weighted by Crippen LogP contribution is -2.50. The van der Waals surface area contributed by atoms with Gasteiger partial charge in [-0.15, -0.1) is 0 Å². The number of aromatic amines is 1. The highest BCUT2D eigenvalue weighted by atomic mass is 16.2. The Hall–Kier alpha value is -2.67. The maximum absolute atomic E-state index is 12.6. The van der Waals surface area contributed by atoms with Crippen LogP contribution in [-0.2, 0) is 9.59 Å². The summed E-state index contributed by atoms with van der Waals surface area (Å²) in [6.45, 7) is 3.57. The topological polar surface area (TPSA) is 98.9 Å². The van der Waals surface area contributed by atoms with Crippen molar-refractivity contribution < 1.29 is 9.59 Å². The van der Waals surface area contributed by atoms with Crippen LogP contribution >= 0.6 is 0 Å². The summed E-state index contributed by atoms with van der Waals surface area (Å²) in [5.41, 5.74) is 0.738. The van der Waals surface area contributed by atoms with E-state index in [0.717, 1.165) is 18.7 Å². The summed E-state index contributed by atoms with van der Waals surface area (Å²) in [4.78, 5) is 25.2. The maximum atomic E-state index is 12.6. The molecule has 1 aromatic heterocycles. The fourth-order valence-electron chi connectivity index (χ4n) is 2.63. The lowest BCUT2D eigenvalue weighted by Gasteiger charge is -2.32. The van der Waals surface area contributed by atoms with Crippen LogP contribution in [0.1, 0.15) is 18.5 Å². The van der Waals surface area contributed by atoms with Gasteiger partial charge in [0.25, 0.3) is 5.91 Å². The zero-order chi connectivity index (χ0) is 16.9. The molecule has 0 spiro atoms. The molecule has 0 bridgehead atoms. The normalized spacial score (nSPS) is 16.7. The Morgan fingerprint density at radius 2 is 1.92 bits per heavy atom. The quantitative estimate of drug-likeness (QED) is 0.637. The number of H-pyrrole nitrogens is 1. The molecule has 7 heteroatoms.